The molecule has 2 saturated carbocycles. The molecule has 15 nitrogen and oxygen atoms in total. The summed E-state index contributed by atoms with van der Waals surface area (Å²) >= 11 is 1.44. The number of para-hydroxylation sites is 1. The summed E-state index contributed by atoms with van der Waals surface area (Å²) in [5, 5.41) is 22.2. The van der Waals surface area contributed by atoms with Crippen molar-refractivity contribution in [2.24, 2.45) is 24.8 Å². The van der Waals surface area contributed by atoms with Gasteiger partial charge in [0.25, 0.3) is 5.91 Å². The van der Waals surface area contributed by atoms with Crippen molar-refractivity contribution in [1.82, 2.24) is 30.0 Å². The molecule has 3 N–H and O–H groups in total. The van der Waals surface area contributed by atoms with Gasteiger partial charge in [0.05, 0.1) is 33.4 Å². The van der Waals surface area contributed by atoms with Crippen LogP contribution in [-0.2, 0) is 29.6 Å². The maximum atomic E-state index is 13.6. The van der Waals surface area contributed by atoms with Crippen molar-refractivity contribution in [3.05, 3.63) is 125 Å². The molecule has 5 aliphatic rings. The summed E-state index contributed by atoms with van der Waals surface area (Å²) in [6.07, 6.45) is 8.94. The average Bonchev–Trinajstić information content (AvgIpc) is 4.17. The first-order valence-corrected chi connectivity index (χ1v) is 27.1. The molecule has 0 bridgehead atoms. The highest BCUT2D eigenvalue weighted by Gasteiger charge is 2.42. The maximum Gasteiger partial charge on any atom is 0.355 e. The van der Waals surface area contributed by atoms with Crippen LogP contribution in [0.15, 0.2) is 91.0 Å². The van der Waals surface area contributed by atoms with Crippen LogP contribution in [0.4, 0.5) is 16.6 Å². The number of carboxylic acids is 1. The van der Waals surface area contributed by atoms with E-state index < -0.39 is 11.9 Å². The molecule has 0 spiro atoms. The lowest BCUT2D eigenvalue weighted by Gasteiger charge is -2.36. The highest BCUT2D eigenvalue weighted by Crippen LogP contribution is 2.49. The molecule has 380 valence electrons. The first kappa shape index (κ1) is 47.8. The quantitative estimate of drug-likeness (QED) is 0.0936. The summed E-state index contributed by atoms with van der Waals surface area (Å²) in [4.78, 5) is 67.3. The number of pyridine rings is 1. The average molecular weight is 1010 g/mol. The number of aryl methyl sites for hydroxylation is 2. The zero-order valence-electron chi connectivity index (χ0n) is 41.9. The van der Waals surface area contributed by atoms with Gasteiger partial charge in [-0.05, 0) is 166 Å². The van der Waals surface area contributed by atoms with Crippen LogP contribution in [0.2, 0.25) is 0 Å². The second-order valence-corrected chi connectivity index (χ2v) is 22.2. The van der Waals surface area contributed by atoms with Crippen LogP contribution in [0, 0.1) is 24.7 Å². The number of hydrogen-bond donors (Lipinski definition) is 3. The maximum absolute atomic E-state index is 13.6. The third-order valence-corrected chi connectivity index (χ3v) is 17.5. The van der Waals surface area contributed by atoms with E-state index in [1.807, 2.05) is 85.4 Å². The van der Waals surface area contributed by atoms with E-state index in [0.29, 0.717) is 66.3 Å². The summed E-state index contributed by atoms with van der Waals surface area (Å²) in [6, 6.07) is 29.8. The van der Waals surface area contributed by atoms with E-state index in [4.69, 9.17) is 14.8 Å². The number of piperazine rings is 1. The van der Waals surface area contributed by atoms with Gasteiger partial charge in [0, 0.05) is 74.9 Å². The number of anilines is 3. The Balaban J connectivity index is 0.611. The zero-order chi connectivity index (χ0) is 50.6. The number of carboxylic acid groups (broad SMARTS) is 1. The Labute approximate surface area is 433 Å². The van der Waals surface area contributed by atoms with Gasteiger partial charge in [-0.2, -0.15) is 5.10 Å². The second kappa shape index (κ2) is 19.9. The molecule has 3 atom stereocenters. The molecule has 3 amide bonds. The van der Waals surface area contributed by atoms with Gasteiger partial charge in [0.1, 0.15) is 11.6 Å². The minimum absolute atomic E-state index is 0.00606. The predicted molar refractivity (Wildman–Crippen MR) is 287 cm³/mol. The third-order valence-electron chi connectivity index (χ3n) is 16.6. The summed E-state index contributed by atoms with van der Waals surface area (Å²) < 4.78 is 9.51. The number of nitrogens with zero attached hydrogens (tertiary/aromatic N) is 7. The fourth-order valence-electron chi connectivity index (χ4n) is 12.8. The standard InChI is InChI=1S/C58H61N9O6S/c1-34-27-40(13-15-42(34)43-16-18-51(60-54(43)57(71)72)67-22-20-36-8-5-9-44(47(36)33-67)55(69)62-58-59-48-10-3-4-11-50(48)74-58)73-41-30-37-28-35(29-38(37)31-41)7-6-21-65-23-25-66(26-24-65)39-12-14-45-49(32-39)64(2)63-53(45)46-17-19-52(68)61-56(46)70/h3-5,8-16,18,27,32,35,37-38,41,46H,6-7,17,19-26,28-31,33H2,1-2H3,(H,71,72)(H,59,62,69)(H,61,68,70). The lowest BCUT2D eigenvalue weighted by Crippen LogP contribution is -2.46. The Hall–Kier alpha value is -7.17. The Bertz CT molecular complexity index is 3300. The number of fused-ring (bicyclic) bond motifs is 4. The van der Waals surface area contributed by atoms with Crippen LogP contribution >= 0.6 is 11.3 Å². The number of rotatable bonds is 13. The van der Waals surface area contributed by atoms with Crippen molar-refractivity contribution in [1.29, 1.82) is 0 Å². The molecule has 12 rings (SSSR count). The first-order chi connectivity index (χ1) is 36.0. The summed E-state index contributed by atoms with van der Waals surface area (Å²) in [5.74, 6) is 1.38. The molecule has 3 aromatic heterocycles. The third kappa shape index (κ3) is 9.49. The smallest absolute Gasteiger partial charge is 0.355 e. The van der Waals surface area contributed by atoms with Crippen molar-refractivity contribution >= 4 is 72.8 Å². The molecular formula is C58H61N9O6S. The second-order valence-electron chi connectivity index (χ2n) is 21.2. The largest absolute Gasteiger partial charge is 0.490 e. The molecule has 4 fully saturated rings. The minimum atomic E-state index is -1.09. The molecule has 3 unspecified atom stereocenters. The number of imide groups is 1. The van der Waals surface area contributed by atoms with E-state index in [1.54, 1.807) is 0 Å². The van der Waals surface area contributed by atoms with Gasteiger partial charge in [-0.1, -0.05) is 41.7 Å². The van der Waals surface area contributed by atoms with Gasteiger partial charge < -0.3 is 19.6 Å². The number of ether oxygens (including phenoxy) is 1. The number of carbonyl (C=O) groups is 4. The van der Waals surface area contributed by atoms with E-state index in [2.05, 4.69) is 54.6 Å². The molecule has 0 radical (unpaired) electrons. The van der Waals surface area contributed by atoms with Crippen molar-refractivity contribution in [2.75, 3.05) is 54.4 Å². The Morgan fingerprint density at radius 2 is 1.66 bits per heavy atom. The normalized spacial score (nSPS) is 22.0. The van der Waals surface area contributed by atoms with Crippen LogP contribution < -0.4 is 25.2 Å². The molecule has 74 heavy (non-hydrogen) atoms. The van der Waals surface area contributed by atoms with Crippen LogP contribution in [0.25, 0.3) is 32.2 Å². The fourth-order valence-corrected chi connectivity index (χ4v) is 13.7. The number of benzene rings is 4. The molecule has 3 aliphatic heterocycles. The Morgan fingerprint density at radius 1 is 0.851 bits per heavy atom. The Morgan fingerprint density at radius 3 is 2.45 bits per heavy atom. The van der Waals surface area contributed by atoms with Gasteiger partial charge in [0.15, 0.2) is 10.8 Å². The molecule has 7 aromatic rings. The van der Waals surface area contributed by atoms with Crippen LogP contribution in [-0.4, -0.2) is 98.8 Å². The lowest BCUT2D eigenvalue weighted by atomic mass is 9.93. The van der Waals surface area contributed by atoms with E-state index in [9.17, 15) is 24.3 Å². The van der Waals surface area contributed by atoms with E-state index >= 15 is 0 Å². The van der Waals surface area contributed by atoms with Gasteiger partial charge in [-0.25, -0.2) is 14.8 Å². The molecule has 6 heterocycles. The van der Waals surface area contributed by atoms with Crippen molar-refractivity contribution in [2.45, 2.75) is 83.3 Å². The molecule has 16 heteroatoms. The fraction of sp³-hybridized carbons (Fsp3) is 0.397. The highest BCUT2D eigenvalue weighted by molar-refractivity contribution is 7.22. The van der Waals surface area contributed by atoms with Gasteiger partial charge >= 0.3 is 5.97 Å². The highest BCUT2D eigenvalue weighted by atomic mass is 32.1. The minimum Gasteiger partial charge on any atom is -0.490 e. The van der Waals surface area contributed by atoms with Crippen molar-refractivity contribution in [3.63, 3.8) is 0 Å². The summed E-state index contributed by atoms with van der Waals surface area (Å²) in [5.41, 5.74) is 8.65. The monoisotopic (exact) mass is 1010 g/mol. The van der Waals surface area contributed by atoms with Crippen molar-refractivity contribution in [3.8, 4) is 16.9 Å². The predicted octanol–water partition coefficient (Wildman–Crippen LogP) is 9.37. The van der Waals surface area contributed by atoms with E-state index in [0.717, 1.165) is 106 Å². The van der Waals surface area contributed by atoms with Gasteiger partial charge in [-0.3, -0.25) is 34.6 Å². The summed E-state index contributed by atoms with van der Waals surface area (Å²) in [7, 11) is 1.93. The van der Waals surface area contributed by atoms with Crippen LogP contribution in [0.3, 0.4) is 0 Å². The molecule has 4 aromatic carbocycles. The number of aromatic carboxylic acids is 1. The lowest BCUT2D eigenvalue weighted by molar-refractivity contribution is -0.134. The molecule has 2 aliphatic carbocycles. The van der Waals surface area contributed by atoms with Gasteiger partial charge in [0.2, 0.25) is 11.8 Å². The number of aromatic nitrogens is 4. The number of thiazole rings is 1. The molecular weight excluding hydrogens is 951 g/mol. The van der Waals surface area contributed by atoms with E-state index in [1.165, 1.54) is 42.7 Å². The SMILES string of the molecule is Cc1cc(OC2CC3CC(CCCN4CCN(c5ccc6c(C7CCC(=O)NC7=O)nn(C)c6c5)CC4)CC3C2)ccc1-c1ccc(N2CCc3cccc(C(=O)Nc4nc5ccccc5s4)c3C2)nc1C(=O)O. The number of nitrogens with one attached hydrogen (secondary N) is 2. The topological polar surface area (TPSA) is 175 Å². The number of piperidine rings is 1. The van der Waals surface area contributed by atoms with E-state index in [-0.39, 0.29) is 29.5 Å². The van der Waals surface area contributed by atoms with Crippen LogP contribution in [0.5, 0.6) is 5.75 Å². The summed E-state index contributed by atoms with van der Waals surface area (Å²) in [6.45, 7) is 8.23. The zero-order valence-corrected chi connectivity index (χ0v) is 42.7. The molecule has 2 saturated heterocycles. The Kier molecular flexibility index (Phi) is 12.9. The van der Waals surface area contributed by atoms with Crippen LogP contribution in [0.1, 0.15) is 101 Å². The number of hydrogen-bond acceptors (Lipinski definition) is 12. The van der Waals surface area contributed by atoms with Gasteiger partial charge in [-0.15, -0.1) is 0 Å². The number of amides is 3. The first-order valence-electron chi connectivity index (χ1n) is 26.3. The number of carbonyl (C=O) groups excluding carboxylic acids is 3. The van der Waals surface area contributed by atoms with Crippen molar-refractivity contribution < 1.29 is 29.0 Å².